The first-order chi connectivity index (χ1) is 5.38. The Balaban J connectivity index is 2.47. The Morgan fingerprint density at radius 3 is 2.91 bits per heavy atom. The van der Waals surface area contributed by atoms with Crippen LogP contribution in [0.2, 0.25) is 0 Å². The van der Waals surface area contributed by atoms with Gasteiger partial charge >= 0.3 is 0 Å². The van der Waals surface area contributed by atoms with Crippen LogP contribution in [0.4, 0.5) is 0 Å². The fourth-order valence-electron chi connectivity index (χ4n) is 1.74. The molecule has 0 radical (unpaired) electrons. The van der Waals surface area contributed by atoms with Gasteiger partial charge in [0, 0.05) is 0 Å². The molecule has 1 saturated heterocycles. The molecule has 1 aliphatic heterocycles. The second kappa shape index (κ2) is 4.50. The Hall–Kier alpha value is -0.370. The third kappa shape index (κ3) is 2.29. The van der Waals surface area contributed by atoms with Crippen LogP contribution in [0.3, 0.4) is 0 Å². The molecule has 1 heterocycles. The average Bonchev–Trinajstić information content (AvgIpc) is 2.27. The highest BCUT2D eigenvalue weighted by Gasteiger charge is 2.17. The van der Waals surface area contributed by atoms with Crippen LogP contribution in [-0.2, 0) is 4.79 Å². The highest BCUT2D eigenvalue weighted by atomic mass is 16.1. The van der Waals surface area contributed by atoms with Crippen molar-refractivity contribution >= 4 is 6.29 Å². The van der Waals surface area contributed by atoms with Gasteiger partial charge in [-0.3, -0.25) is 4.90 Å². The summed E-state index contributed by atoms with van der Waals surface area (Å²) in [6.45, 7) is 4.26. The van der Waals surface area contributed by atoms with Crippen LogP contribution in [0.5, 0.6) is 0 Å². The predicted molar refractivity (Wildman–Crippen MR) is 45.6 cm³/mol. The topological polar surface area (TPSA) is 20.3 Å². The van der Waals surface area contributed by atoms with Crippen LogP contribution >= 0.6 is 0 Å². The van der Waals surface area contributed by atoms with E-state index in [0.717, 1.165) is 25.8 Å². The number of rotatable bonds is 2. The van der Waals surface area contributed by atoms with Crippen molar-refractivity contribution in [3.05, 3.63) is 0 Å². The van der Waals surface area contributed by atoms with E-state index in [1.165, 1.54) is 19.3 Å². The summed E-state index contributed by atoms with van der Waals surface area (Å²) in [5.41, 5.74) is 0. The van der Waals surface area contributed by atoms with E-state index in [-0.39, 0.29) is 6.04 Å². The zero-order valence-electron chi connectivity index (χ0n) is 7.25. The molecule has 0 saturated carbocycles. The van der Waals surface area contributed by atoms with Crippen molar-refractivity contribution in [2.45, 2.75) is 38.6 Å². The molecule has 1 unspecified atom stereocenters. The summed E-state index contributed by atoms with van der Waals surface area (Å²) in [4.78, 5) is 12.9. The molecule has 11 heavy (non-hydrogen) atoms. The highest BCUT2D eigenvalue weighted by Crippen LogP contribution is 2.14. The number of carbonyl (C=O) groups excluding carboxylic acids is 1. The molecule has 0 aromatic rings. The van der Waals surface area contributed by atoms with Crippen LogP contribution in [0.1, 0.15) is 32.6 Å². The molecule has 0 N–H and O–H groups in total. The van der Waals surface area contributed by atoms with Crippen molar-refractivity contribution in [3.63, 3.8) is 0 Å². The second-order valence-electron chi connectivity index (χ2n) is 3.18. The lowest BCUT2D eigenvalue weighted by Gasteiger charge is -2.23. The number of nitrogens with zero attached hydrogens (tertiary/aromatic N) is 1. The molecule has 0 aromatic carbocycles. The van der Waals surface area contributed by atoms with Gasteiger partial charge in [0.25, 0.3) is 0 Å². The lowest BCUT2D eigenvalue weighted by Crippen LogP contribution is -2.35. The Morgan fingerprint density at radius 2 is 2.27 bits per heavy atom. The summed E-state index contributed by atoms with van der Waals surface area (Å²) in [5, 5.41) is 0. The Labute approximate surface area is 68.6 Å². The van der Waals surface area contributed by atoms with Gasteiger partial charge in [0.1, 0.15) is 6.29 Å². The lowest BCUT2D eigenvalue weighted by molar-refractivity contribution is -0.112. The number of likely N-dealkylation sites (N-methyl/N-ethyl adjacent to an activating group) is 1. The zero-order chi connectivity index (χ0) is 8.10. The molecule has 0 aliphatic carbocycles. The van der Waals surface area contributed by atoms with Gasteiger partial charge in [-0.25, -0.2) is 0 Å². The summed E-state index contributed by atoms with van der Waals surface area (Å²) < 4.78 is 0. The van der Waals surface area contributed by atoms with Gasteiger partial charge in [-0.1, -0.05) is 19.8 Å². The smallest absolute Gasteiger partial charge is 0.137 e. The van der Waals surface area contributed by atoms with Crippen molar-refractivity contribution < 1.29 is 4.79 Å². The minimum atomic E-state index is 0.211. The summed E-state index contributed by atoms with van der Waals surface area (Å²) >= 11 is 0. The maximum Gasteiger partial charge on any atom is 0.137 e. The molecule has 0 amide bonds. The van der Waals surface area contributed by atoms with Crippen LogP contribution in [0.15, 0.2) is 0 Å². The molecule has 0 spiro atoms. The lowest BCUT2D eigenvalue weighted by atomic mass is 10.1. The van der Waals surface area contributed by atoms with E-state index in [2.05, 4.69) is 11.8 Å². The van der Waals surface area contributed by atoms with E-state index in [0.29, 0.717) is 0 Å². The largest absolute Gasteiger partial charge is 0.302 e. The van der Waals surface area contributed by atoms with Crippen LogP contribution in [-0.4, -0.2) is 30.3 Å². The number of carbonyl (C=O) groups is 1. The minimum Gasteiger partial charge on any atom is -0.302 e. The number of hydrogen-bond acceptors (Lipinski definition) is 2. The fourth-order valence-corrected chi connectivity index (χ4v) is 1.74. The molecule has 1 atom stereocenters. The van der Waals surface area contributed by atoms with E-state index in [9.17, 15) is 4.79 Å². The molecular weight excluding hydrogens is 138 g/mol. The maximum absolute atomic E-state index is 10.6. The highest BCUT2D eigenvalue weighted by molar-refractivity contribution is 5.57. The number of aldehydes is 1. The molecule has 1 fully saturated rings. The Morgan fingerprint density at radius 1 is 1.45 bits per heavy atom. The van der Waals surface area contributed by atoms with Gasteiger partial charge in [0.05, 0.1) is 6.04 Å². The average molecular weight is 155 g/mol. The molecule has 1 rings (SSSR count). The fraction of sp³-hybridized carbons (Fsp3) is 0.889. The quantitative estimate of drug-likeness (QED) is 0.562. The molecule has 64 valence electrons. The van der Waals surface area contributed by atoms with E-state index in [1.807, 2.05) is 0 Å². The van der Waals surface area contributed by atoms with Crippen molar-refractivity contribution in [1.29, 1.82) is 0 Å². The third-order valence-electron chi connectivity index (χ3n) is 2.48. The zero-order valence-corrected chi connectivity index (χ0v) is 7.25. The first-order valence-corrected chi connectivity index (χ1v) is 4.58. The van der Waals surface area contributed by atoms with E-state index in [1.54, 1.807) is 0 Å². The Kier molecular flexibility index (Phi) is 3.57. The SMILES string of the molecule is CCN1CCCCCC1C=O. The maximum atomic E-state index is 10.6. The minimum absolute atomic E-state index is 0.211. The van der Waals surface area contributed by atoms with Gasteiger partial charge < -0.3 is 4.79 Å². The predicted octanol–water partition coefficient (Wildman–Crippen LogP) is 1.45. The van der Waals surface area contributed by atoms with Crippen molar-refractivity contribution in [3.8, 4) is 0 Å². The summed E-state index contributed by atoms with van der Waals surface area (Å²) in [5.74, 6) is 0. The molecule has 1 aliphatic rings. The first-order valence-electron chi connectivity index (χ1n) is 4.58. The third-order valence-corrected chi connectivity index (χ3v) is 2.48. The van der Waals surface area contributed by atoms with Crippen molar-refractivity contribution in [2.24, 2.45) is 0 Å². The summed E-state index contributed by atoms with van der Waals surface area (Å²) in [6, 6.07) is 0.211. The normalized spacial score (nSPS) is 27.9. The van der Waals surface area contributed by atoms with E-state index < -0.39 is 0 Å². The second-order valence-corrected chi connectivity index (χ2v) is 3.18. The summed E-state index contributed by atoms with van der Waals surface area (Å²) in [7, 11) is 0. The van der Waals surface area contributed by atoms with Gasteiger partial charge in [0.2, 0.25) is 0 Å². The van der Waals surface area contributed by atoms with Gasteiger partial charge in [-0.05, 0) is 25.9 Å². The van der Waals surface area contributed by atoms with E-state index in [4.69, 9.17) is 0 Å². The summed E-state index contributed by atoms with van der Waals surface area (Å²) in [6.07, 6.45) is 5.95. The van der Waals surface area contributed by atoms with Crippen LogP contribution in [0, 0.1) is 0 Å². The monoisotopic (exact) mass is 155 g/mol. The van der Waals surface area contributed by atoms with Gasteiger partial charge in [-0.2, -0.15) is 0 Å². The molecule has 2 heteroatoms. The molecular formula is C9H17NO. The van der Waals surface area contributed by atoms with E-state index >= 15 is 0 Å². The van der Waals surface area contributed by atoms with Gasteiger partial charge in [0.15, 0.2) is 0 Å². The number of likely N-dealkylation sites (tertiary alicyclic amines) is 1. The molecule has 0 bridgehead atoms. The molecule has 2 nitrogen and oxygen atoms in total. The van der Waals surface area contributed by atoms with Crippen LogP contribution < -0.4 is 0 Å². The standard InChI is InChI=1S/C9H17NO/c1-2-10-7-5-3-4-6-9(10)8-11/h8-9H,2-7H2,1H3. The number of hydrogen-bond donors (Lipinski definition) is 0. The first kappa shape index (κ1) is 8.72. The molecule has 0 aromatic heterocycles. The Bertz CT molecular complexity index is 125. The van der Waals surface area contributed by atoms with Crippen LogP contribution in [0.25, 0.3) is 0 Å². The van der Waals surface area contributed by atoms with Gasteiger partial charge in [-0.15, -0.1) is 0 Å². The van der Waals surface area contributed by atoms with Crippen molar-refractivity contribution in [2.75, 3.05) is 13.1 Å². The van der Waals surface area contributed by atoms with Crippen molar-refractivity contribution in [1.82, 2.24) is 4.90 Å².